The number of hydrogen-bond donors (Lipinski definition) is 2. The minimum Gasteiger partial charge on any atom is -0.459 e. The van der Waals surface area contributed by atoms with Crippen LogP contribution in [0.4, 0.5) is 21.2 Å². The number of nitrogens with zero attached hydrogens (tertiary/aromatic N) is 5. The SMILES string of the molecule is CC(C)c1cnn2c(N(Cc3cc4ccccc4o3)C(=O)OC(C)(C)C)cc(NC[C@H]3CCN(C(=O)OC(C)(C)C)C[C@@H]3O)nc12. The van der Waals surface area contributed by atoms with Crippen LogP contribution in [0.25, 0.3) is 16.6 Å². The van der Waals surface area contributed by atoms with Gasteiger partial charge in [0.05, 0.1) is 25.4 Å². The van der Waals surface area contributed by atoms with Gasteiger partial charge in [0.1, 0.15) is 34.2 Å². The van der Waals surface area contributed by atoms with E-state index in [4.69, 9.17) is 18.9 Å². The van der Waals surface area contributed by atoms with Gasteiger partial charge in [0.25, 0.3) is 0 Å². The quantitative estimate of drug-likeness (QED) is 0.231. The highest BCUT2D eigenvalue weighted by atomic mass is 16.6. The van der Waals surface area contributed by atoms with Crippen LogP contribution in [0, 0.1) is 5.92 Å². The van der Waals surface area contributed by atoms with Crippen molar-refractivity contribution in [2.45, 2.75) is 91.6 Å². The molecule has 12 heteroatoms. The zero-order valence-electron chi connectivity index (χ0n) is 28.0. The number of β-amino-alcohol motifs (C(OH)–C–C–N with tert-alkyl or cyclic N) is 1. The number of fused-ring (bicyclic) bond motifs is 2. The Hall–Kier alpha value is -4.32. The molecule has 248 valence electrons. The molecule has 2 amide bonds. The number of para-hydroxylation sites is 1. The number of likely N-dealkylation sites (tertiary alicyclic amines) is 1. The first-order chi connectivity index (χ1) is 21.6. The topological polar surface area (TPSA) is 135 Å². The Morgan fingerprint density at radius 1 is 1.11 bits per heavy atom. The zero-order chi connectivity index (χ0) is 33.4. The van der Waals surface area contributed by atoms with E-state index in [9.17, 15) is 14.7 Å². The van der Waals surface area contributed by atoms with E-state index in [1.165, 1.54) is 4.90 Å². The summed E-state index contributed by atoms with van der Waals surface area (Å²) in [6.07, 6.45) is 0.624. The number of benzene rings is 1. The van der Waals surface area contributed by atoms with E-state index >= 15 is 0 Å². The van der Waals surface area contributed by atoms with Crippen LogP contribution in [-0.4, -0.2) is 73.7 Å². The second-order valence-corrected chi connectivity index (χ2v) is 14.2. The molecule has 4 heterocycles. The standard InChI is InChI=1S/C34H46N6O6/c1-21(2)25-18-36-40-29(39(32(43)46-34(6,7)8)19-24-15-22-11-9-10-12-27(22)44-24)16-28(37-30(25)40)35-17-23-13-14-38(20-26(23)41)31(42)45-33(3,4)5/h9-12,15-16,18,21,23,26,41H,13-14,17,19-20H2,1-8H3,(H,35,37)/t23-,26+/m1/s1. The number of carbonyl (C=O) groups excluding carboxylic acids is 2. The van der Waals surface area contributed by atoms with Gasteiger partial charge in [-0.05, 0) is 66.0 Å². The number of aliphatic hydroxyl groups is 1. The molecule has 2 atom stereocenters. The molecule has 0 unspecified atom stereocenters. The largest absolute Gasteiger partial charge is 0.459 e. The number of hydrogen-bond acceptors (Lipinski definition) is 9. The molecule has 0 bridgehead atoms. The maximum Gasteiger partial charge on any atom is 0.416 e. The molecule has 1 aromatic carbocycles. The van der Waals surface area contributed by atoms with Gasteiger partial charge < -0.3 is 29.2 Å². The van der Waals surface area contributed by atoms with Gasteiger partial charge in [-0.15, -0.1) is 0 Å². The first kappa shape index (κ1) is 33.1. The van der Waals surface area contributed by atoms with Crippen molar-refractivity contribution in [1.29, 1.82) is 0 Å². The van der Waals surface area contributed by atoms with Crippen LogP contribution >= 0.6 is 0 Å². The summed E-state index contributed by atoms with van der Waals surface area (Å²) in [7, 11) is 0. The molecule has 1 saturated heterocycles. The van der Waals surface area contributed by atoms with E-state index in [1.54, 1.807) is 21.7 Å². The predicted octanol–water partition coefficient (Wildman–Crippen LogP) is 6.57. The highest BCUT2D eigenvalue weighted by Gasteiger charge is 2.33. The van der Waals surface area contributed by atoms with E-state index in [1.807, 2.05) is 71.9 Å². The van der Waals surface area contributed by atoms with Crippen LogP contribution in [-0.2, 0) is 16.0 Å². The van der Waals surface area contributed by atoms with E-state index in [-0.39, 0.29) is 24.9 Å². The zero-order valence-corrected chi connectivity index (χ0v) is 28.0. The molecule has 12 nitrogen and oxygen atoms in total. The molecule has 0 spiro atoms. The van der Waals surface area contributed by atoms with Crippen molar-refractivity contribution in [1.82, 2.24) is 19.5 Å². The lowest BCUT2D eigenvalue weighted by Crippen LogP contribution is -2.49. The Morgan fingerprint density at radius 2 is 1.83 bits per heavy atom. The second kappa shape index (κ2) is 12.8. The van der Waals surface area contributed by atoms with Crippen LogP contribution in [0.1, 0.15) is 79.1 Å². The summed E-state index contributed by atoms with van der Waals surface area (Å²) in [5.74, 6) is 1.55. The number of amides is 2. The monoisotopic (exact) mass is 634 g/mol. The van der Waals surface area contributed by atoms with Gasteiger partial charge in [0.15, 0.2) is 5.65 Å². The number of piperidine rings is 1. The van der Waals surface area contributed by atoms with Gasteiger partial charge in [0, 0.05) is 36.0 Å². The van der Waals surface area contributed by atoms with Gasteiger partial charge in [-0.1, -0.05) is 32.0 Å². The Kier molecular flexibility index (Phi) is 9.21. The Labute approximate surface area is 269 Å². The highest BCUT2D eigenvalue weighted by molar-refractivity contribution is 5.88. The number of rotatable bonds is 7. The molecular weight excluding hydrogens is 588 g/mol. The fourth-order valence-corrected chi connectivity index (χ4v) is 5.43. The van der Waals surface area contributed by atoms with Gasteiger partial charge in [-0.2, -0.15) is 9.61 Å². The average Bonchev–Trinajstić information content (AvgIpc) is 3.57. The molecule has 1 aliphatic rings. The van der Waals surface area contributed by atoms with Crippen LogP contribution in [0.5, 0.6) is 0 Å². The van der Waals surface area contributed by atoms with Crippen molar-refractivity contribution in [2.75, 3.05) is 29.9 Å². The molecule has 2 N–H and O–H groups in total. The molecule has 0 aliphatic carbocycles. The lowest BCUT2D eigenvalue weighted by Gasteiger charge is -2.36. The summed E-state index contributed by atoms with van der Waals surface area (Å²) < 4.78 is 19.1. The van der Waals surface area contributed by atoms with E-state index in [2.05, 4.69) is 24.3 Å². The summed E-state index contributed by atoms with van der Waals surface area (Å²) in [6, 6.07) is 11.4. The number of ether oxygens (including phenoxy) is 2. The fraction of sp³-hybridized carbons (Fsp3) is 0.529. The Morgan fingerprint density at radius 3 is 2.48 bits per heavy atom. The molecule has 0 radical (unpaired) electrons. The lowest BCUT2D eigenvalue weighted by atomic mass is 9.94. The maximum absolute atomic E-state index is 13.8. The summed E-state index contributed by atoms with van der Waals surface area (Å²) in [6.45, 7) is 16.2. The van der Waals surface area contributed by atoms with Crippen molar-refractivity contribution in [3.05, 3.63) is 53.9 Å². The van der Waals surface area contributed by atoms with Crippen molar-refractivity contribution in [2.24, 2.45) is 5.92 Å². The maximum atomic E-state index is 13.8. The van der Waals surface area contributed by atoms with Crippen molar-refractivity contribution >= 4 is 40.4 Å². The van der Waals surface area contributed by atoms with Crippen molar-refractivity contribution in [3.8, 4) is 0 Å². The molecular formula is C34H46N6O6. The van der Waals surface area contributed by atoms with Crippen molar-refractivity contribution in [3.63, 3.8) is 0 Å². The van der Waals surface area contributed by atoms with E-state index in [0.29, 0.717) is 42.6 Å². The average molecular weight is 635 g/mol. The second-order valence-electron chi connectivity index (χ2n) is 14.2. The van der Waals surface area contributed by atoms with Gasteiger partial charge >= 0.3 is 12.2 Å². The van der Waals surface area contributed by atoms with Crippen LogP contribution in [0.3, 0.4) is 0 Å². The number of aromatic nitrogens is 3. The third-order valence-electron chi connectivity index (χ3n) is 7.70. The van der Waals surface area contributed by atoms with Gasteiger partial charge in [0.2, 0.25) is 0 Å². The molecule has 0 saturated carbocycles. The number of furan rings is 1. The summed E-state index contributed by atoms with van der Waals surface area (Å²) in [5.41, 5.74) is 0.898. The van der Waals surface area contributed by atoms with Crippen LogP contribution in [0.2, 0.25) is 0 Å². The molecule has 1 fully saturated rings. The third-order valence-corrected chi connectivity index (χ3v) is 7.70. The third kappa shape index (κ3) is 7.72. The summed E-state index contributed by atoms with van der Waals surface area (Å²) >= 11 is 0. The van der Waals surface area contributed by atoms with Crippen LogP contribution in [0.15, 0.2) is 47.0 Å². The molecule has 1 aliphatic heterocycles. The van der Waals surface area contributed by atoms with Gasteiger partial charge in [-0.3, -0.25) is 4.90 Å². The van der Waals surface area contributed by atoms with E-state index in [0.717, 1.165) is 16.5 Å². The van der Waals surface area contributed by atoms with Crippen LogP contribution < -0.4 is 10.2 Å². The van der Waals surface area contributed by atoms with E-state index < -0.39 is 29.5 Å². The number of aliphatic hydroxyl groups excluding tert-OH is 1. The fourth-order valence-electron chi connectivity index (χ4n) is 5.43. The minimum atomic E-state index is -0.746. The van der Waals surface area contributed by atoms with Crippen molar-refractivity contribution < 1.29 is 28.6 Å². The number of anilines is 2. The molecule has 46 heavy (non-hydrogen) atoms. The highest BCUT2D eigenvalue weighted by Crippen LogP contribution is 2.30. The summed E-state index contributed by atoms with van der Waals surface area (Å²) in [4.78, 5) is 34.3. The van der Waals surface area contributed by atoms with Gasteiger partial charge in [-0.25, -0.2) is 14.6 Å². The first-order valence-corrected chi connectivity index (χ1v) is 15.8. The Balaban J connectivity index is 1.45. The number of carbonyl (C=O) groups is 2. The lowest BCUT2D eigenvalue weighted by molar-refractivity contribution is -0.0104. The normalized spacial score (nSPS) is 17.5. The molecule has 3 aromatic heterocycles. The Bertz CT molecular complexity index is 1660. The minimum absolute atomic E-state index is 0.0981. The summed E-state index contributed by atoms with van der Waals surface area (Å²) in [5, 5.41) is 19.9. The molecule has 4 aromatic rings. The first-order valence-electron chi connectivity index (χ1n) is 15.8. The number of nitrogens with one attached hydrogen (secondary N) is 1. The molecule has 5 rings (SSSR count). The smallest absolute Gasteiger partial charge is 0.416 e. The predicted molar refractivity (Wildman–Crippen MR) is 176 cm³/mol.